The highest BCUT2D eigenvalue weighted by Gasteiger charge is 2.29. The average molecular weight is 533 g/mol. The molecule has 0 saturated heterocycles. The van der Waals surface area contributed by atoms with Crippen molar-refractivity contribution in [1.82, 2.24) is 0 Å². The number of rotatable bonds is 10. The molecule has 6 nitrogen and oxygen atoms in total. The van der Waals surface area contributed by atoms with Crippen molar-refractivity contribution in [2.45, 2.75) is 28.5 Å². The quantitative estimate of drug-likeness (QED) is 0.257. The van der Waals surface area contributed by atoms with Crippen LogP contribution in [0.3, 0.4) is 0 Å². The van der Waals surface area contributed by atoms with Crippen LogP contribution >= 0.6 is 11.8 Å². The summed E-state index contributed by atoms with van der Waals surface area (Å²) >= 11 is 1.52. The van der Waals surface area contributed by atoms with Gasteiger partial charge in [0.1, 0.15) is 12.3 Å². The van der Waals surface area contributed by atoms with Gasteiger partial charge in [-0.1, -0.05) is 71.9 Å². The van der Waals surface area contributed by atoms with Crippen LogP contribution in [0.5, 0.6) is 5.75 Å². The van der Waals surface area contributed by atoms with E-state index >= 15 is 0 Å². The number of nitrogens with one attached hydrogen (secondary N) is 1. The maximum atomic E-state index is 13.8. The van der Waals surface area contributed by atoms with Crippen molar-refractivity contribution >= 4 is 39.1 Å². The first kappa shape index (κ1) is 26.3. The molecule has 0 fully saturated rings. The number of sulfonamides is 1. The summed E-state index contributed by atoms with van der Waals surface area (Å²) < 4.78 is 34.4. The molecule has 0 aliphatic rings. The number of aryl methyl sites for hydroxylation is 1. The van der Waals surface area contributed by atoms with E-state index in [1.165, 1.54) is 11.8 Å². The summed E-state index contributed by atoms with van der Waals surface area (Å²) in [7, 11) is -4.07. The molecule has 4 aromatic rings. The molecule has 37 heavy (non-hydrogen) atoms. The normalized spacial score (nSPS) is 11.1. The summed E-state index contributed by atoms with van der Waals surface area (Å²) in [4.78, 5) is 15.3. The fourth-order valence-corrected chi connectivity index (χ4v) is 6.03. The number of hydrogen-bond donors (Lipinski definition) is 1. The molecule has 0 spiro atoms. The number of hydrogen-bond acceptors (Lipinski definition) is 5. The van der Waals surface area contributed by atoms with Crippen molar-refractivity contribution in [2.75, 3.05) is 22.8 Å². The Balaban J connectivity index is 1.66. The first-order valence-electron chi connectivity index (χ1n) is 11.8. The topological polar surface area (TPSA) is 75.7 Å². The number of para-hydroxylation sites is 3. The lowest BCUT2D eigenvalue weighted by molar-refractivity contribution is -0.114. The lowest BCUT2D eigenvalue weighted by atomic mass is 10.2. The molecule has 0 aliphatic heterocycles. The Morgan fingerprint density at radius 1 is 0.865 bits per heavy atom. The van der Waals surface area contributed by atoms with Crippen LogP contribution in [0, 0.1) is 6.92 Å². The summed E-state index contributed by atoms with van der Waals surface area (Å²) in [5.41, 5.74) is 1.84. The Morgan fingerprint density at radius 2 is 1.51 bits per heavy atom. The van der Waals surface area contributed by atoms with E-state index in [4.69, 9.17) is 4.74 Å². The fourth-order valence-electron chi connectivity index (χ4n) is 3.67. The summed E-state index contributed by atoms with van der Waals surface area (Å²) in [6.45, 7) is 3.64. The van der Waals surface area contributed by atoms with Crippen LogP contribution in [0.15, 0.2) is 118 Å². The SMILES string of the molecule is CCOc1ccccc1N(CC(=O)Nc1ccccc1Sc1ccccc1)S(=O)(=O)c1ccc(C)cc1. The second kappa shape index (κ2) is 12.0. The second-order valence-electron chi connectivity index (χ2n) is 8.18. The highest BCUT2D eigenvalue weighted by Crippen LogP contribution is 2.35. The molecule has 0 atom stereocenters. The van der Waals surface area contributed by atoms with E-state index in [0.717, 1.165) is 19.7 Å². The number of nitrogens with zero attached hydrogens (tertiary/aromatic N) is 1. The number of ether oxygens (including phenoxy) is 1. The Hall–Kier alpha value is -3.75. The van der Waals surface area contributed by atoms with E-state index in [2.05, 4.69) is 5.32 Å². The Kier molecular flexibility index (Phi) is 8.53. The molecule has 0 heterocycles. The Labute approximate surface area is 222 Å². The molecule has 4 aromatic carbocycles. The summed E-state index contributed by atoms with van der Waals surface area (Å²) in [6, 6.07) is 30.7. The van der Waals surface area contributed by atoms with Gasteiger partial charge in [-0.3, -0.25) is 9.10 Å². The lowest BCUT2D eigenvalue weighted by Crippen LogP contribution is -2.38. The van der Waals surface area contributed by atoms with Crippen molar-refractivity contribution in [3.8, 4) is 5.75 Å². The molecular formula is C29H28N2O4S2. The highest BCUT2D eigenvalue weighted by molar-refractivity contribution is 7.99. The van der Waals surface area contributed by atoms with Crippen LogP contribution in [-0.4, -0.2) is 27.5 Å². The van der Waals surface area contributed by atoms with Crippen LogP contribution in [-0.2, 0) is 14.8 Å². The van der Waals surface area contributed by atoms with E-state index < -0.39 is 22.5 Å². The van der Waals surface area contributed by atoms with Crippen molar-refractivity contribution in [3.05, 3.63) is 109 Å². The minimum absolute atomic E-state index is 0.0947. The van der Waals surface area contributed by atoms with Crippen molar-refractivity contribution < 1.29 is 17.9 Å². The predicted molar refractivity (Wildman–Crippen MR) is 149 cm³/mol. The van der Waals surface area contributed by atoms with Gasteiger partial charge in [0.25, 0.3) is 10.0 Å². The third-order valence-electron chi connectivity index (χ3n) is 5.46. The zero-order valence-corrected chi connectivity index (χ0v) is 22.3. The maximum absolute atomic E-state index is 13.8. The molecule has 1 amide bonds. The van der Waals surface area contributed by atoms with Crippen LogP contribution in [0.1, 0.15) is 12.5 Å². The van der Waals surface area contributed by atoms with Gasteiger partial charge in [-0.05, 0) is 62.4 Å². The van der Waals surface area contributed by atoms with Gasteiger partial charge < -0.3 is 10.1 Å². The van der Waals surface area contributed by atoms with Gasteiger partial charge in [-0.25, -0.2) is 8.42 Å². The standard InChI is InChI=1S/C29H28N2O4S2/c1-3-35-27-15-9-8-14-26(27)31(37(33,34)24-19-17-22(2)18-20-24)21-29(32)30-25-13-7-10-16-28(25)36-23-11-5-4-6-12-23/h4-20H,3,21H2,1-2H3,(H,30,32). The van der Waals surface area contributed by atoms with Crippen LogP contribution in [0.4, 0.5) is 11.4 Å². The van der Waals surface area contributed by atoms with Gasteiger partial charge in [-0.2, -0.15) is 0 Å². The highest BCUT2D eigenvalue weighted by atomic mass is 32.2. The monoisotopic (exact) mass is 532 g/mol. The number of anilines is 2. The van der Waals surface area contributed by atoms with E-state index in [9.17, 15) is 13.2 Å². The van der Waals surface area contributed by atoms with E-state index in [1.54, 1.807) is 54.6 Å². The molecule has 0 aromatic heterocycles. The van der Waals surface area contributed by atoms with Gasteiger partial charge in [0.2, 0.25) is 5.91 Å². The zero-order chi connectivity index (χ0) is 26.3. The largest absolute Gasteiger partial charge is 0.492 e. The van der Waals surface area contributed by atoms with Crippen molar-refractivity contribution in [1.29, 1.82) is 0 Å². The molecule has 0 bridgehead atoms. The van der Waals surface area contributed by atoms with E-state index in [1.807, 2.05) is 62.4 Å². The van der Waals surface area contributed by atoms with Crippen LogP contribution in [0.25, 0.3) is 0 Å². The van der Waals surface area contributed by atoms with Gasteiger partial charge in [-0.15, -0.1) is 0 Å². The Bertz CT molecular complexity index is 1460. The average Bonchev–Trinajstić information content (AvgIpc) is 2.90. The number of amides is 1. The van der Waals surface area contributed by atoms with Crippen molar-refractivity contribution in [2.24, 2.45) is 0 Å². The predicted octanol–water partition coefficient (Wildman–Crippen LogP) is 6.38. The molecule has 4 rings (SSSR count). The lowest BCUT2D eigenvalue weighted by Gasteiger charge is -2.26. The van der Waals surface area contributed by atoms with Gasteiger partial charge in [0.15, 0.2) is 0 Å². The number of carbonyl (C=O) groups excluding carboxylic acids is 1. The molecule has 8 heteroatoms. The van der Waals surface area contributed by atoms with Gasteiger partial charge >= 0.3 is 0 Å². The minimum atomic E-state index is -4.07. The zero-order valence-electron chi connectivity index (χ0n) is 20.6. The number of carbonyl (C=O) groups is 1. The minimum Gasteiger partial charge on any atom is -0.492 e. The van der Waals surface area contributed by atoms with Crippen LogP contribution in [0.2, 0.25) is 0 Å². The summed E-state index contributed by atoms with van der Waals surface area (Å²) in [5, 5.41) is 2.91. The van der Waals surface area contributed by atoms with E-state index in [-0.39, 0.29) is 4.90 Å². The maximum Gasteiger partial charge on any atom is 0.264 e. The fraction of sp³-hybridized carbons (Fsp3) is 0.138. The first-order chi connectivity index (χ1) is 17.9. The smallest absolute Gasteiger partial charge is 0.264 e. The third-order valence-corrected chi connectivity index (χ3v) is 8.32. The number of benzene rings is 4. The molecule has 190 valence electrons. The molecule has 0 unspecified atom stereocenters. The summed E-state index contributed by atoms with van der Waals surface area (Å²) in [5.74, 6) is -0.0865. The van der Waals surface area contributed by atoms with E-state index in [0.29, 0.717) is 23.7 Å². The molecule has 0 aliphatic carbocycles. The molecular weight excluding hydrogens is 504 g/mol. The molecule has 1 N–H and O–H groups in total. The second-order valence-corrected chi connectivity index (χ2v) is 11.2. The van der Waals surface area contributed by atoms with Crippen LogP contribution < -0.4 is 14.4 Å². The molecule has 0 radical (unpaired) electrons. The first-order valence-corrected chi connectivity index (χ1v) is 14.1. The van der Waals surface area contributed by atoms with Crippen molar-refractivity contribution in [3.63, 3.8) is 0 Å². The Morgan fingerprint density at radius 3 is 2.24 bits per heavy atom. The third kappa shape index (κ3) is 6.53. The van der Waals surface area contributed by atoms with Gasteiger partial charge in [0.05, 0.1) is 22.9 Å². The van der Waals surface area contributed by atoms with Gasteiger partial charge in [0, 0.05) is 9.79 Å². The summed E-state index contributed by atoms with van der Waals surface area (Å²) in [6.07, 6.45) is 0. The molecule has 0 saturated carbocycles.